The molecule has 0 aliphatic carbocycles. The molecule has 14 nitrogen and oxygen atoms in total. The van der Waals surface area contributed by atoms with E-state index in [0.717, 1.165) is 96.1 Å². The minimum atomic E-state index is -0.840. The van der Waals surface area contributed by atoms with E-state index in [4.69, 9.17) is 30.6 Å². The van der Waals surface area contributed by atoms with Crippen LogP contribution in [-0.4, -0.2) is 64.2 Å². The van der Waals surface area contributed by atoms with Crippen LogP contribution >= 0.6 is 22.7 Å². The van der Waals surface area contributed by atoms with Crippen LogP contribution < -0.4 is 9.47 Å². The van der Waals surface area contributed by atoms with Gasteiger partial charge < -0.3 is 34.4 Å². The number of hydrogen-bond donors (Lipinski definition) is 4. The summed E-state index contributed by atoms with van der Waals surface area (Å²) in [6, 6.07) is 31.1. The zero-order valence-electron chi connectivity index (χ0n) is 55.3. The average Bonchev–Trinajstić information content (AvgIpc) is 1.73. The van der Waals surface area contributed by atoms with Crippen molar-refractivity contribution in [2.45, 2.75) is 148 Å². The lowest BCUT2D eigenvalue weighted by molar-refractivity contribution is -0.140. The number of H-pyrrole nitrogens is 2. The molecule has 2 unspecified atom stereocenters. The van der Waals surface area contributed by atoms with E-state index >= 15 is 17.6 Å². The number of rotatable bonds is 18. The number of terminal acetylenes is 1. The number of aromatic nitrogens is 7. The first kappa shape index (κ1) is 68.9. The number of ether oxygens (including phenoxy) is 3. The molecule has 6 bridgehead atoms. The summed E-state index contributed by atoms with van der Waals surface area (Å²) in [5.74, 6) is 0.0152. The number of esters is 1. The molecule has 1 aliphatic heterocycles. The van der Waals surface area contributed by atoms with Gasteiger partial charge in [-0.1, -0.05) is 93.3 Å². The van der Waals surface area contributed by atoms with Crippen LogP contribution in [-0.2, 0) is 56.6 Å². The van der Waals surface area contributed by atoms with Crippen molar-refractivity contribution in [3.63, 3.8) is 0 Å². The minimum Gasteiger partial charge on any atom is -0.481 e. The van der Waals surface area contributed by atoms with Gasteiger partial charge in [-0.15, -0.1) is 40.1 Å². The molecule has 12 rings (SSSR count). The van der Waals surface area contributed by atoms with Gasteiger partial charge in [0.25, 0.3) is 0 Å². The number of hydrogen-bond acceptors (Lipinski definition) is 12. The number of aryl methyl sites for hydroxylation is 2. The summed E-state index contributed by atoms with van der Waals surface area (Å²) in [6.45, 7) is 12.5. The molecule has 0 saturated carbocycles. The fraction of sp³-hybridized carbons (Fsp3) is 0.325. The predicted octanol–water partition coefficient (Wildman–Crippen LogP) is 18.7. The summed E-state index contributed by atoms with van der Waals surface area (Å²) in [6.07, 6.45) is 19.3. The zero-order valence-corrected chi connectivity index (χ0v) is 56.9. The number of aromatic amines is 2. The Labute approximate surface area is 569 Å². The first-order valence-electron chi connectivity index (χ1n) is 32.4. The molecule has 0 saturated heterocycles. The van der Waals surface area contributed by atoms with Crippen LogP contribution in [0.15, 0.2) is 139 Å². The van der Waals surface area contributed by atoms with Crippen LogP contribution in [0.4, 0.5) is 17.6 Å². The Hall–Kier alpha value is -9.42. The number of thiazole rings is 2. The lowest BCUT2D eigenvalue weighted by atomic mass is 9.74. The molecule has 0 fully saturated rings. The van der Waals surface area contributed by atoms with Gasteiger partial charge in [-0.05, 0) is 137 Å². The molecule has 0 radical (unpaired) electrons. The van der Waals surface area contributed by atoms with Crippen molar-refractivity contribution >= 4 is 56.4 Å². The molecular weight excluding hydrogens is 1280 g/mol. The van der Waals surface area contributed by atoms with E-state index in [9.17, 15) is 19.8 Å². The third-order valence-electron chi connectivity index (χ3n) is 18.8. The molecule has 97 heavy (non-hydrogen) atoms. The van der Waals surface area contributed by atoms with Gasteiger partial charge in [0.15, 0.2) is 23.1 Å². The van der Waals surface area contributed by atoms with Gasteiger partial charge in [0.05, 0.1) is 37.3 Å². The number of fused-ring (bicyclic) bond motifs is 11. The molecule has 2 atom stereocenters. The van der Waals surface area contributed by atoms with Crippen molar-refractivity contribution in [3.05, 3.63) is 212 Å². The lowest BCUT2D eigenvalue weighted by Gasteiger charge is -2.30. The number of carbonyl (C=O) groups is 2. The van der Waals surface area contributed by atoms with E-state index in [0.29, 0.717) is 50.4 Å². The van der Waals surface area contributed by atoms with E-state index in [1.807, 2.05) is 47.3 Å². The van der Waals surface area contributed by atoms with E-state index < -0.39 is 46.7 Å². The van der Waals surface area contributed by atoms with E-state index in [1.54, 1.807) is 29.2 Å². The number of unbranched alkanes of at least 4 members (excludes halogenated alkanes) is 1. The summed E-state index contributed by atoms with van der Waals surface area (Å²) in [7, 11) is 1.38. The standard InChI is InChI=1S/C39H40F2N2O4S.C38H37F2N5O3S/c1-6-38(2,3)17-7-8-18-39(4,26-11-9-10-25(20-26)12-15-35(45)46-5)34-24-48-37(43-34)29-21-27(13-14-31(29)40)47-36-30(23-44)28-16-19-42-33(28)22-32(36)41;1-37(2)14-4-5-15-38(3,24-8-6-7-23(17-24)9-12-34(46)47)33-22-49-36(42-33)27-18-25(10-11-29(27)39)48-35-28(20-45-21-32(37)43-44-45)26-13-16-41-31(26)19-30(35)40/h1,9-11,13-14,16,19-22,24,42,44H,7-8,12,15,17-18,23H2,2-5H3;6-8,10-11,13,16-19,21-22,41H,4-5,9,12,14-15,20H2,1-3H3,(H,46,47). The number of nitrogens with one attached hydrogen (secondary N) is 2. The van der Waals surface area contributed by atoms with Crippen molar-refractivity contribution in [1.82, 2.24) is 34.9 Å². The summed E-state index contributed by atoms with van der Waals surface area (Å²) in [5.41, 5.74) is 7.48. The Balaban J connectivity index is 0.000000197. The molecule has 502 valence electrons. The smallest absolute Gasteiger partial charge is 0.305 e. The lowest BCUT2D eigenvalue weighted by Crippen LogP contribution is -2.25. The van der Waals surface area contributed by atoms with Crippen molar-refractivity contribution in [3.8, 4) is 56.5 Å². The second kappa shape index (κ2) is 29.1. The maximum Gasteiger partial charge on any atom is 0.305 e. The van der Waals surface area contributed by atoms with E-state index in [-0.39, 0.29) is 70.3 Å². The van der Waals surface area contributed by atoms with Crippen molar-refractivity contribution in [1.29, 1.82) is 0 Å². The second-order valence-corrected chi connectivity index (χ2v) is 28.3. The fourth-order valence-electron chi connectivity index (χ4n) is 12.7. The van der Waals surface area contributed by atoms with Gasteiger partial charge in [0, 0.05) is 120 Å². The highest BCUT2D eigenvalue weighted by molar-refractivity contribution is 7.13. The van der Waals surface area contributed by atoms with Crippen LogP contribution in [0.25, 0.3) is 42.9 Å². The Bertz CT molecular complexity index is 4710. The highest BCUT2D eigenvalue weighted by Gasteiger charge is 2.35. The topological polar surface area (TPSA) is 190 Å². The molecule has 6 heterocycles. The predicted molar refractivity (Wildman–Crippen MR) is 371 cm³/mol. The van der Waals surface area contributed by atoms with Crippen molar-refractivity contribution in [2.24, 2.45) is 5.41 Å². The van der Waals surface area contributed by atoms with Crippen LogP contribution in [0.2, 0.25) is 0 Å². The minimum absolute atomic E-state index is 0.0362. The van der Waals surface area contributed by atoms with Crippen molar-refractivity contribution in [2.75, 3.05) is 7.11 Å². The number of methoxy groups -OCH3 is 1. The maximum absolute atomic E-state index is 15.8. The number of carboxylic acids is 1. The molecule has 4 N–H and O–H groups in total. The first-order valence-corrected chi connectivity index (χ1v) is 34.1. The molecule has 1 aliphatic rings. The number of benzene rings is 6. The fourth-order valence-corrected chi connectivity index (χ4v) is 14.6. The summed E-state index contributed by atoms with van der Waals surface area (Å²) >= 11 is 2.67. The third-order valence-corrected chi connectivity index (χ3v) is 20.6. The van der Waals surface area contributed by atoms with Gasteiger partial charge in [0.1, 0.15) is 33.1 Å². The summed E-state index contributed by atoms with van der Waals surface area (Å²) in [5, 5.41) is 34.6. The quantitative estimate of drug-likeness (QED) is 0.0277. The van der Waals surface area contributed by atoms with E-state index in [2.05, 4.69) is 92.0 Å². The largest absolute Gasteiger partial charge is 0.481 e. The molecule has 0 spiro atoms. The number of carbonyl (C=O) groups excluding carboxylic acids is 1. The first-order chi connectivity index (χ1) is 46.5. The molecule has 5 aromatic heterocycles. The van der Waals surface area contributed by atoms with Gasteiger partial charge in [-0.25, -0.2) is 32.2 Å². The van der Waals surface area contributed by atoms with Crippen LogP contribution in [0.3, 0.4) is 0 Å². The monoisotopic (exact) mass is 1350 g/mol. The molecule has 11 aromatic rings. The third kappa shape index (κ3) is 15.4. The Morgan fingerprint density at radius 3 is 2.18 bits per heavy atom. The second-order valence-electron chi connectivity index (χ2n) is 26.6. The van der Waals surface area contributed by atoms with E-state index in [1.165, 1.54) is 72.2 Å². The normalized spacial score (nSPS) is 15.4. The van der Waals surface area contributed by atoms with Gasteiger partial charge in [0.2, 0.25) is 0 Å². The average molecular weight is 1350 g/mol. The molecular formula is C77H77F4N7O7S2. The zero-order chi connectivity index (χ0) is 68.8. The highest BCUT2D eigenvalue weighted by atomic mass is 32.1. The molecule has 0 amide bonds. The van der Waals surface area contributed by atoms with Gasteiger partial charge in [-0.2, -0.15) is 0 Å². The van der Waals surface area contributed by atoms with Crippen molar-refractivity contribution < 1.29 is 51.6 Å². The molecule has 20 heteroatoms. The van der Waals surface area contributed by atoms with Gasteiger partial charge in [-0.3, -0.25) is 9.59 Å². The van der Waals surface area contributed by atoms with Crippen LogP contribution in [0, 0.1) is 41.0 Å². The van der Waals surface area contributed by atoms with Gasteiger partial charge >= 0.3 is 11.9 Å². The molecule has 6 aromatic carbocycles. The van der Waals surface area contributed by atoms with Crippen LogP contribution in [0.5, 0.6) is 23.0 Å². The Morgan fingerprint density at radius 2 is 1.42 bits per heavy atom. The summed E-state index contributed by atoms with van der Waals surface area (Å²) < 4.78 is 80.5. The maximum atomic E-state index is 15.8. The number of aliphatic hydroxyl groups excluding tert-OH is 1. The SMILES string of the molecule is C#CC(C)(C)CCCCC(C)(c1cccc(CCC(=O)OC)c1)c1csc(-c2cc(Oc3c(F)cc4[nH]ccc4c3CO)ccc2F)n1.CC1(C)CCCCC(C)(c2cccc(CCC(=O)O)c2)c2csc(n2)-c2cc(ccc2F)Oc2c(F)cc3[nH]ccc3c2Cn2cc1nn2. The van der Waals surface area contributed by atoms with Crippen LogP contribution in [0.1, 0.15) is 156 Å². The number of carboxylic acid groups (broad SMARTS) is 1. The Kier molecular flexibility index (Phi) is 20.7. The highest BCUT2D eigenvalue weighted by Crippen LogP contribution is 2.45. The summed E-state index contributed by atoms with van der Waals surface area (Å²) in [4.78, 5) is 39.2. The number of aliphatic carboxylic acids is 1. The number of nitrogens with zero attached hydrogens (tertiary/aromatic N) is 5. The number of halogens is 4. The Morgan fingerprint density at radius 1 is 0.753 bits per heavy atom. The number of aliphatic hydroxyl groups is 1.